The van der Waals surface area contributed by atoms with Gasteiger partial charge in [-0.05, 0) is 30.6 Å². The number of nitrogens with zero attached hydrogens (tertiary/aromatic N) is 4. The standard InChI is InChI=1S/C25H28N6O/c1-3-5-15-31(4-2)18-21-14-10-9-13-20(21)17-27-30-25-28-23(19-11-7-6-8-12-19)22(16-26)24(32)29-25/h6-14,17H,3-5,15,18H2,1-2H3,(H2,28,29,30,32). The van der Waals surface area contributed by atoms with E-state index in [0.717, 1.165) is 25.2 Å². The number of nitrogens with one attached hydrogen (secondary N) is 2. The summed E-state index contributed by atoms with van der Waals surface area (Å²) in [6.45, 7) is 7.27. The normalized spacial score (nSPS) is 11.1. The maximum atomic E-state index is 12.4. The summed E-state index contributed by atoms with van der Waals surface area (Å²) in [5.41, 5.74) is 5.47. The van der Waals surface area contributed by atoms with E-state index >= 15 is 0 Å². The summed E-state index contributed by atoms with van der Waals surface area (Å²) >= 11 is 0. The minimum absolute atomic E-state index is 0.0252. The molecule has 0 saturated carbocycles. The Kier molecular flexibility index (Phi) is 8.29. The van der Waals surface area contributed by atoms with Crippen molar-refractivity contribution < 1.29 is 0 Å². The van der Waals surface area contributed by atoms with Gasteiger partial charge in [-0.2, -0.15) is 10.4 Å². The van der Waals surface area contributed by atoms with Gasteiger partial charge in [0.15, 0.2) is 0 Å². The van der Waals surface area contributed by atoms with E-state index in [1.807, 2.05) is 54.6 Å². The molecule has 2 aromatic carbocycles. The second kappa shape index (κ2) is 11.6. The summed E-state index contributed by atoms with van der Waals surface area (Å²) in [6.07, 6.45) is 4.07. The van der Waals surface area contributed by atoms with Crippen molar-refractivity contribution in [2.75, 3.05) is 18.5 Å². The molecule has 0 aliphatic heterocycles. The van der Waals surface area contributed by atoms with Gasteiger partial charge in [0.1, 0.15) is 11.6 Å². The van der Waals surface area contributed by atoms with Gasteiger partial charge in [-0.15, -0.1) is 0 Å². The van der Waals surface area contributed by atoms with Crippen LogP contribution in [0.3, 0.4) is 0 Å². The van der Waals surface area contributed by atoms with Crippen LogP contribution in [0, 0.1) is 11.3 Å². The summed E-state index contributed by atoms with van der Waals surface area (Å²) < 4.78 is 0. The summed E-state index contributed by atoms with van der Waals surface area (Å²) in [7, 11) is 0. The van der Waals surface area contributed by atoms with Crippen molar-refractivity contribution in [1.82, 2.24) is 14.9 Å². The number of unbranched alkanes of at least 4 members (excludes halogenated alkanes) is 1. The van der Waals surface area contributed by atoms with Crippen LogP contribution in [-0.2, 0) is 6.54 Å². The molecular weight excluding hydrogens is 400 g/mol. The number of H-pyrrole nitrogens is 1. The molecule has 1 aromatic heterocycles. The van der Waals surface area contributed by atoms with E-state index < -0.39 is 5.56 Å². The molecule has 3 rings (SSSR count). The lowest BCUT2D eigenvalue weighted by molar-refractivity contribution is 0.275. The van der Waals surface area contributed by atoms with Gasteiger partial charge in [0.2, 0.25) is 5.95 Å². The van der Waals surface area contributed by atoms with Crippen molar-refractivity contribution in [3.63, 3.8) is 0 Å². The number of hydrazone groups is 1. The fraction of sp³-hybridized carbons (Fsp3) is 0.280. The largest absolute Gasteiger partial charge is 0.299 e. The van der Waals surface area contributed by atoms with Gasteiger partial charge in [0, 0.05) is 12.1 Å². The third-order valence-corrected chi connectivity index (χ3v) is 5.18. The van der Waals surface area contributed by atoms with Crippen molar-refractivity contribution in [2.24, 2.45) is 5.10 Å². The van der Waals surface area contributed by atoms with Crippen LogP contribution in [0.25, 0.3) is 11.3 Å². The number of aromatic amines is 1. The number of hydrogen-bond acceptors (Lipinski definition) is 6. The molecule has 0 radical (unpaired) electrons. The first-order chi connectivity index (χ1) is 15.7. The Morgan fingerprint density at radius 3 is 2.62 bits per heavy atom. The maximum absolute atomic E-state index is 12.4. The van der Waals surface area contributed by atoms with E-state index in [0.29, 0.717) is 11.3 Å². The van der Waals surface area contributed by atoms with Crippen LogP contribution in [-0.4, -0.2) is 34.2 Å². The molecule has 164 valence electrons. The first-order valence-corrected chi connectivity index (χ1v) is 10.8. The topological polar surface area (TPSA) is 97.2 Å². The van der Waals surface area contributed by atoms with E-state index in [9.17, 15) is 10.1 Å². The molecule has 0 bridgehead atoms. The highest BCUT2D eigenvalue weighted by Gasteiger charge is 2.13. The number of nitriles is 1. The Balaban J connectivity index is 1.81. The third-order valence-electron chi connectivity index (χ3n) is 5.18. The van der Waals surface area contributed by atoms with Gasteiger partial charge in [-0.3, -0.25) is 14.7 Å². The van der Waals surface area contributed by atoms with Crippen LogP contribution < -0.4 is 11.0 Å². The van der Waals surface area contributed by atoms with Crippen molar-refractivity contribution in [3.05, 3.63) is 81.6 Å². The second-order valence-electron chi connectivity index (χ2n) is 7.41. The fourth-order valence-electron chi connectivity index (χ4n) is 3.37. The second-order valence-corrected chi connectivity index (χ2v) is 7.41. The fourth-order valence-corrected chi connectivity index (χ4v) is 3.37. The first-order valence-electron chi connectivity index (χ1n) is 10.8. The molecule has 7 heteroatoms. The van der Waals surface area contributed by atoms with E-state index in [-0.39, 0.29) is 11.5 Å². The number of anilines is 1. The quantitative estimate of drug-likeness (QED) is 0.369. The van der Waals surface area contributed by atoms with Crippen molar-refractivity contribution >= 4 is 12.2 Å². The molecule has 7 nitrogen and oxygen atoms in total. The molecule has 0 aliphatic carbocycles. The van der Waals surface area contributed by atoms with Crippen LogP contribution >= 0.6 is 0 Å². The molecule has 0 unspecified atom stereocenters. The first kappa shape index (κ1) is 22.9. The zero-order chi connectivity index (χ0) is 22.8. The van der Waals surface area contributed by atoms with Gasteiger partial charge >= 0.3 is 0 Å². The molecule has 0 atom stereocenters. The predicted octanol–water partition coefficient (Wildman–Crippen LogP) is 4.38. The molecule has 3 aromatic rings. The highest BCUT2D eigenvalue weighted by Crippen LogP contribution is 2.19. The molecule has 1 heterocycles. The van der Waals surface area contributed by atoms with E-state index in [4.69, 9.17) is 0 Å². The number of hydrogen-bond donors (Lipinski definition) is 2. The minimum Gasteiger partial charge on any atom is -0.299 e. The van der Waals surface area contributed by atoms with E-state index in [1.165, 1.54) is 18.4 Å². The van der Waals surface area contributed by atoms with E-state index in [2.05, 4.69) is 45.3 Å². The number of benzene rings is 2. The summed E-state index contributed by atoms with van der Waals surface area (Å²) in [5, 5.41) is 13.7. The van der Waals surface area contributed by atoms with E-state index in [1.54, 1.807) is 6.21 Å². The molecular formula is C25H28N6O. The van der Waals surface area contributed by atoms with Gasteiger partial charge in [-0.25, -0.2) is 10.4 Å². The van der Waals surface area contributed by atoms with Crippen molar-refractivity contribution in [3.8, 4) is 17.3 Å². The number of aromatic nitrogens is 2. The SMILES string of the molecule is CCCCN(CC)Cc1ccccc1C=NNc1nc(-c2ccccc2)c(C#N)c(=O)[nH]1. The third kappa shape index (κ3) is 5.90. The lowest BCUT2D eigenvalue weighted by Gasteiger charge is -2.21. The molecule has 0 aliphatic rings. The van der Waals surface area contributed by atoms with Gasteiger partial charge in [-0.1, -0.05) is 74.9 Å². The minimum atomic E-state index is -0.506. The lowest BCUT2D eigenvalue weighted by Crippen LogP contribution is -2.24. The average molecular weight is 429 g/mol. The average Bonchev–Trinajstić information content (AvgIpc) is 2.83. The van der Waals surface area contributed by atoms with Crippen molar-refractivity contribution in [1.29, 1.82) is 5.26 Å². The predicted molar refractivity (Wildman–Crippen MR) is 129 cm³/mol. The van der Waals surface area contributed by atoms with Crippen LogP contribution in [0.4, 0.5) is 5.95 Å². The molecule has 32 heavy (non-hydrogen) atoms. The zero-order valence-electron chi connectivity index (χ0n) is 18.5. The molecule has 0 saturated heterocycles. The summed E-state index contributed by atoms with van der Waals surface area (Å²) in [4.78, 5) is 21.8. The Labute approximate surface area is 188 Å². The Hall–Kier alpha value is -3.76. The Bertz CT molecular complexity index is 1150. The smallest absolute Gasteiger partial charge is 0.270 e. The van der Waals surface area contributed by atoms with Gasteiger partial charge in [0.05, 0.1) is 11.9 Å². The highest BCUT2D eigenvalue weighted by molar-refractivity contribution is 5.82. The van der Waals surface area contributed by atoms with Crippen LogP contribution in [0.1, 0.15) is 43.4 Å². The molecule has 0 spiro atoms. The van der Waals surface area contributed by atoms with Crippen molar-refractivity contribution in [2.45, 2.75) is 33.2 Å². The van der Waals surface area contributed by atoms with Crippen LogP contribution in [0.2, 0.25) is 0 Å². The zero-order valence-corrected chi connectivity index (χ0v) is 18.5. The summed E-state index contributed by atoms with van der Waals surface area (Å²) in [6, 6.07) is 19.2. The Morgan fingerprint density at radius 1 is 1.16 bits per heavy atom. The lowest BCUT2D eigenvalue weighted by atomic mass is 10.1. The molecule has 2 N–H and O–H groups in total. The van der Waals surface area contributed by atoms with Gasteiger partial charge in [0.25, 0.3) is 5.56 Å². The van der Waals surface area contributed by atoms with Gasteiger partial charge < -0.3 is 0 Å². The monoisotopic (exact) mass is 428 g/mol. The summed E-state index contributed by atoms with van der Waals surface area (Å²) in [5.74, 6) is 0.180. The maximum Gasteiger partial charge on any atom is 0.270 e. The Morgan fingerprint density at radius 2 is 1.91 bits per heavy atom. The van der Waals surface area contributed by atoms with Crippen LogP contribution in [0.15, 0.2) is 64.5 Å². The highest BCUT2D eigenvalue weighted by atomic mass is 16.1. The molecule has 0 fully saturated rings. The van der Waals surface area contributed by atoms with Crippen LogP contribution in [0.5, 0.6) is 0 Å². The number of rotatable bonds is 10. The molecule has 0 amide bonds.